The summed E-state index contributed by atoms with van der Waals surface area (Å²) in [5.74, 6) is -4.63. The second kappa shape index (κ2) is 7.78. The summed E-state index contributed by atoms with van der Waals surface area (Å²) in [6.07, 6.45) is -0.159. The minimum Gasteiger partial charge on any atom is -0.481 e. The van der Waals surface area contributed by atoms with E-state index in [2.05, 4.69) is 15.3 Å². The molecule has 0 radical (unpaired) electrons. The fourth-order valence-electron chi connectivity index (χ4n) is 3.75. The maximum absolute atomic E-state index is 14.2. The predicted molar refractivity (Wildman–Crippen MR) is 99.0 cm³/mol. The van der Waals surface area contributed by atoms with Crippen LogP contribution < -0.4 is 10.6 Å². The van der Waals surface area contributed by atoms with E-state index in [1.165, 1.54) is 0 Å². The van der Waals surface area contributed by atoms with E-state index < -0.39 is 30.8 Å². The lowest BCUT2D eigenvalue weighted by Gasteiger charge is -2.39. The Hall–Kier alpha value is -2.62. The average molecular weight is 394 g/mol. The fourth-order valence-corrected chi connectivity index (χ4v) is 3.75. The standard InChI is InChI=1S/C18H24F2N6O2/c1-3-12-14(26-9-11(6-16(27)28)7-18(19,20)10-26)5-4-13(22-12)17-15(8-21)25(2)24-23-17/h4-5,11H,3,6-10,21H2,1-2H3,(H,27,28). The van der Waals surface area contributed by atoms with Crippen LogP contribution in [0, 0.1) is 5.92 Å². The van der Waals surface area contributed by atoms with Crippen molar-refractivity contribution in [3.63, 3.8) is 0 Å². The van der Waals surface area contributed by atoms with Crippen molar-refractivity contribution in [3.05, 3.63) is 23.5 Å². The lowest BCUT2D eigenvalue weighted by atomic mass is 9.91. The number of carboxylic acids is 1. The van der Waals surface area contributed by atoms with E-state index in [0.29, 0.717) is 29.2 Å². The van der Waals surface area contributed by atoms with Crippen LogP contribution >= 0.6 is 0 Å². The van der Waals surface area contributed by atoms with Gasteiger partial charge in [-0.2, -0.15) is 0 Å². The van der Waals surface area contributed by atoms with Gasteiger partial charge < -0.3 is 15.7 Å². The molecule has 3 rings (SSSR count). The number of alkyl halides is 2. The molecule has 0 aromatic carbocycles. The molecule has 0 aliphatic carbocycles. The Morgan fingerprint density at radius 1 is 1.43 bits per heavy atom. The van der Waals surface area contributed by atoms with Gasteiger partial charge in [-0.25, -0.2) is 13.8 Å². The van der Waals surface area contributed by atoms with Gasteiger partial charge in [0.1, 0.15) is 5.69 Å². The number of hydrogen-bond donors (Lipinski definition) is 2. The van der Waals surface area contributed by atoms with Crippen molar-refractivity contribution in [2.45, 2.75) is 38.7 Å². The van der Waals surface area contributed by atoms with E-state index >= 15 is 0 Å². The molecule has 1 aliphatic rings. The van der Waals surface area contributed by atoms with Gasteiger partial charge in [0.15, 0.2) is 0 Å². The van der Waals surface area contributed by atoms with Crippen LogP contribution in [-0.4, -0.2) is 50.1 Å². The van der Waals surface area contributed by atoms with Gasteiger partial charge in [0, 0.05) is 26.6 Å². The maximum Gasteiger partial charge on any atom is 0.303 e. The number of halogens is 2. The predicted octanol–water partition coefficient (Wildman–Crippen LogP) is 1.83. The van der Waals surface area contributed by atoms with Gasteiger partial charge in [-0.05, 0) is 24.5 Å². The molecular formula is C18H24F2N6O2. The quantitative estimate of drug-likeness (QED) is 0.769. The zero-order valence-electron chi connectivity index (χ0n) is 15.9. The highest BCUT2D eigenvalue weighted by Gasteiger charge is 2.41. The number of pyridine rings is 1. The Labute approximate surface area is 161 Å². The number of rotatable bonds is 6. The summed E-state index contributed by atoms with van der Waals surface area (Å²) in [5, 5.41) is 17.1. The zero-order chi connectivity index (χ0) is 20.5. The highest BCUT2D eigenvalue weighted by molar-refractivity contribution is 5.67. The Morgan fingerprint density at radius 3 is 2.82 bits per heavy atom. The number of aryl methyl sites for hydroxylation is 2. The van der Waals surface area contributed by atoms with Crippen LogP contribution in [0.3, 0.4) is 0 Å². The first-order chi connectivity index (χ1) is 13.2. The molecule has 0 saturated carbocycles. The number of anilines is 1. The van der Waals surface area contributed by atoms with Crippen LogP contribution in [0.2, 0.25) is 0 Å². The van der Waals surface area contributed by atoms with E-state index in [-0.39, 0.29) is 19.5 Å². The summed E-state index contributed by atoms with van der Waals surface area (Å²) in [6.45, 7) is 1.96. The van der Waals surface area contributed by atoms with Crippen molar-refractivity contribution >= 4 is 11.7 Å². The van der Waals surface area contributed by atoms with Crippen LogP contribution in [0.5, 0.6) is 0 Å². The molecule has 10 heteroatoms. The molecule has 3 N–H and O–H groups in total. The summed E-state index contributed by atoms with van der Waals surface area (Å²) < 4.78 is 30.0. The molecule has 1 saturated heterocycles. The fraction of sp³-hybridized carbons (Fsp3) is 0.556. The van der Waals surface area contributed by atoms with Crippen molar-refractivity contribution in [2.75, 3.05) is 18.0 Å². The molecule has 0 spiro atoms. The molecule has 3 heterocycles. The lowest BCUT2D eigenvalue weighted by molar-refractivity contribution is -0.139. The normalized spacial score (nSPS) is 19.0. The number of nitrogens with zero attached hydrogens (tertiary/aromatic N) is 5. The molecule has 2 aromatic rings. The van der Waals surface area contributed by atoms with Crippen molar-refractivity contribution in [2.24, 2.45) is 18.7 Å². The van der Waals surface area contributed by atoms with Crippen LogP contribution in [0.4, 0.5) is 14.5 Å². The van der Waals surface area contributed by atoms with E-state index in [4.69, 9.17) is 10.8 Å². The van der Waals surface area contributed by atoms with Crippen LogP contribution in [0.1, 0.15) is 31.2 Å². The number of piperidine rings is 1. The van der Waals surface area contributed by atoms with Crippen molar-refractivity contribution < 1.29 is 18.7 Å². The number of aromatic nitrogens is 4. The van der Waals surface area contributed by atoms with Crippen molar-refractivity contribution in [1.82, 2.24) is 20.0 Å². The second-order valence-corrected chi connectivity index (χ2v) is 7.13. The third kappa shape index (κ3) is 4.11. The molecule has 1 atom stereocenters. The van der Waals surface area contributed by atoms with E-state index in [1.54, 1.807) is 28.8 Å². The smallest absolute Gasteiger partial charge is 0.303 e. The van der Waals surface area contributed by atoms with Gasteiger partial charge >= 0.3 is 5.97 Å². The van der Waals surface area contributed by atoms with Gasteiger partial charge in [-0.3, -0.25) is 9.48 Å². The molecule has 0 amide bonds. The van der Waals surface area contributed by atoms with Gasteiger partial charge in [0.2, 0.25) is 0 Å². The zero-order valence-corrected chi connectivity index (χ0v) is 15.9. The van der Waals surface area contributed by atoms with Crippen molar-refractivity contribution in [1.29, 1.82) is 0 Å². The Kier molecular flexibility index (Phi) is 5.59. The molecular weight excluding hydrogens is 370 g/mol. The summed E-state index contributed by atoms with van der Waals surface area (Å²) in [7, 11) is 1.74. The molecule has 152 valence electrons. The third-order valence-electron chi connectivity index (χ3n) is 4.96. The first-order valence-electron chi connectivity index (χ1n) is 9.17. The first kappa shape index (κ1) is 20.1. The number of carbonyl (C=O) groups is 1. The summed E-state index contributed by atoms with van der Waals surface area (Å²) in [4.78, 5) is 17.2. The van der Waals surface area contributed by atoms with Gasteiger partial charge in [0.25, 0.3) is 5.92 Å². The van der Waals surface area contributed by atoms with Gasteiger partial charge in [0.05, 0.1) is 35.7 Å². The molecule has 8 nitrogen and oxygen atoms in total. The first-order valence-corrected chi connectivity index (χ1v) is 9.17. The molecule has 1 fully saturated rings. The summed E-state index contributed by atoms with van der Waals surface area (Å²) in [5.41, 5.74) is 8.90. The monoisotopic (exact) mass is 394 g/mol. The largest absolute Gasteiger partial charge is 0.481 e. The highest BCUT2D eigenvalue weighted by atomic mass is 19.3. The van der Waals surface area contributed by atoms with Crippen LogP contribution in [0.15, 0.2) is 12.1 Å². The molecule has 28 heavy (non-hydrogen) atoms. The minimum atomic E-state index is -2.94. The highest BCUT2D eigenvalue weighted by Crippen LogP contribution is 2.36. The van der Waals surface area contributed by atoms with E-state index in [9.17, 15) is 13.6 Å². The third-order valence-corrected chi connectivity index (χ3v) is 4.96. The maximum atomic E-state index is 14.2. The second-order valence-electron chi connectivity index (χ2n) is 7.13. The number of aliphatic carboxylic acids is 1. The van der Waals surface area contributed by atoms with Gasteiger partial charge in [-0.15, -0.1) is 5.10 Å². The molecule has 1 aliphatic heterocycles. The summed E-state index contributed by atoms with van der Waals surface area (Å²) in [6, 6.07) is 3.46. The number of nitrogens with two attached hydrogens (primary N) is 1. The molecule has 0 bridgehead atoms. The lowest BCUT2D eigenvalue weighted by Crippen LogP contribution is -2.48. The minimum absolute atomic E-state index is 0.249. The number of carboxylic acid groups (broad SMARTS) is 1. The average Bonchev–Trinajstić information content (AvgIpc) is 2.99. The SMILES string of the molecule is CCc1nc(-c2nnn(C)c2CN)ccc1N1CC(CC(=O)O)CC(F)(F)C1. The number of hydrogen-bond acceptors (Lipinski definition) is 6. The van der Waals surface area contributed by atoms with Gasteiger partial charge in [-0.1, -0.05) is 12.1 Å². The molecule has 2 aromatic heterocycles. The molecule has 1 unspecified atom stereocenters. The van der Waals surface area contributed by atoms with E-state index in [1.807, 2.05) is 6.92 Å². The summed E-state index contributed by atoms with van der Waals surface area (Å²) >= 11 is 0. The van der Waals surface area contributed by atoms with Crippen LogP contribution in [0.25, 0.3) is 11.4 Å². The van der Waals surface area contributed by atoms with Crippen LogP contribution in [-0.2, 0) is 24.8 Å². The van der Waals surface area contributed by atoms with E-state index in [0.717, 1.165) is 5.69 Å². The Morgan fingerprint density at radius 2 is 2.18 bits per heavy atom. The topological polar surface area (TPSA) is 110 Å². The Balaban J connectivity index is 1.94. The Bertz CT molecular complexity index is 870. The van der Waals surface area contributed by atoms with Crippen molar-refractivity contribution in [3.8, 4) is 11.4 Å².